The van der Waals surface area contributed by atoms with Crippen LogP contribution >= 0.6 is 11.6 Å². The van der Waals surface area contributed by atoms with E-state index in [0.717, 1.165) is 0 Å². The molecule has 0 atom stereocenters. The second-order valence-electron chi connectivity index (χ2n) is 7.15. The maximum atomic E-state index is 13.4. The molecule has 0 unspecified atom stereocenters. The summed E-state index contributed by atoms with van der Waals surface area (Å²) >= 11 is 6.25. The van der Waals surface area contributed by atoms with Crippen LogP contribution in [0.5, 0.6) is 5.75 Å². The highest BCUT2D eigenvalue weighted by Gasteiger charge is 2.18. The molecule has 5 aromatic rings. The first-order chi connectivity index (χ1) is 15.6. The van der Waals surface area contributed by atoms with E-state index in [0.29, 0.717) is 45.6 Å². The molecular formula is C23H18ClN5O3. The van der Waals surface area contributed by atoms with E-state index in [-0.39, 0.29) is 17.7 Å². The summed E-state index contributed by atoms with van der Waals surface area (Å²) in [5.74, 6) is 1.53. The zero-order chi connectivity index (χ0) is 22.2. The zero-order valence-corrected chi connectivity index (χ0v) is 17.9. The number of nitrogens with zero attached hydrogens (tertiary/aromatic N) is 5. The summed E-state index contributed by atoms with van der Waals surface area (Å²) in [6.45, 7) is 2.64. The van der Waals surface area contributed by atoms with Gasteiger partial charge in [0.25, 0.3) is 11.1 Å². The molecule has 8 nitrogen and oxygen atoms in total. The van der Waals surface area contributed by atoms with E-state index < -0.39 is 0 Å². The molecule has 2 aromatic carbocycles. The van der Waals surface area contributed by atoms with Crippen LogP contribution in [0.1, 0.15) is 12.7 Å². The Morgan fingerprint density at radius 3 is 2.56 bits per heavy atom. The fraction of sp³-hybridized carbons (Fsp3) is 0.130. The highest BCUT2D eigenvalue weighted by atomic mass is 35.5. The van der Waals surface area contributed by atoms with Crippen LogP contribution in [0.4, 0.5) is 0 Å². The van der Waals surface area contributed by atoms with Crippen LogP contribution in [0.3, 0.4) is 0 Å². The number of fused-ring (bicyclic) bond motifs is 3. The lowest BCUT2D eigenvalue weighted by molar-refractivity contribution is 0.340. The van der Waals surface area contributed by atoms with Crippen molar-refractivity contribution in [2.45, 2.75) is 13.5 Å². The first-order valence-corrected chi connectivity index (χ1v) is 10.4. The number of pyridine rings is 1. The number of hydrogen-bond acceptors (Lipinski definition) is 5. The van der Waals surface area contributed by atoms with Crippen molar-refractivity contribution in [2.75, 3.05) is 6.61 Å². The number of rotatable bonds is 5. The maximum Gasteiger partial charge on any atom is 0.267 e. The largest absolute Gasteiger partial charge is 0.494 e. The van der Waals surface area contributed by atoms with Gasteiger partial charge in [-0.05, 0) is 55.5 Å². The van der Waals surface area contributed by atoms with Crippen molar-refractivity contribution in [3.8, 4) is 11.4 Å². The average Bonchev–Trinajstić information content (AvgIpc) is 3.20. The van der Waals surface area contributed by atoms with Gasteiger partial charge in [0.1, 0.15) is 5.75 Å². The Labute approximate surface area is 186 Å². The number of benzene rings is 2. The maximum absolute atomic E-state index is 13.4. The molecule has 9 heteroatoms. The third-order valence-corrected chi connectivity index (χ3v) is 5.40. The predicted molar refractivity (Wildman–Crippen MR) is 122 cm³/mol. The minimum absolute atomic E-state index is 0.161. The van der Waals surface area contributed by atoms with Crippen molar-refractivity contribution in [1.29, 1.82) is 0 Å². The Morgan fingerprint density at radius 1 is 1.00 bits per heavy atom. The summed E-state index contributed by atoms with van der Waals surface area (Å²) in [5, 5.41) is 9.55. The molecule has 0 saturated heterocycles. The Morgan fingerprint density at radius 2 is 1.81 bits per heavy atom. The number of ether oxygens (including phenoxy) is 1. The van der Waals surface area contributed by atoms with Gasteiger partial charge >= 0.3 is 0 Å². The Balaban J connectivity index is 1.79. The normalized spacial score (nSPS) is 11.3. The summed E-state index contributed by atoms with van der Waals surface area (Å²) in [7, 11) is 0. The second kappa shape index (κ2) is 7.97. The fourth-order valence-electron chi connectivity index (χ4n) is 3.72. The monoisotopic (exact) mass is 447 g/mol. The van der Waals surface area contributed by atoms with Gasteiger partial charge in [0.15, 0.2) is 5.82 Å². The highest BCUT2D eigenvalue weighted by molar-refractivity contribution is 6.31. The van der Waals surface area contributed by atoms with Crippen molar-refractivity contribution in [2.24, 2.45) is 0 Å². The molecule has 32 heavy (non-hydrogen) atoms. The van der Waals surface area contributed by atoms with E-state index in [4.69, 9.17) is 16.3 Å². The van der Waals surface area contributed by atoms with Crippen molar-refractivity contribution in [3.63, 3.8) is 0 Å². The molecule has 0 aliphatic heterocycles. The van der Waals surface area contributed by atoms with E-state index in [1.165, 1.54) is 15.2 Å². The standard InChI is InChI=1S/C23H18ClN5O3/c1-2-32-17-9-7-16(8-10-17)28-22(31)18-11-6-15(24)13-19(18)29-20(25-26-23(28)29)14-27-12-4-3-5-21(27)30/h3-13H,2,14H2,1H3. The first kappa shape index (κ1) is 20.0. The molecule has 0 aliphatic rings. The lowest BCUT2D eigenvalue weighted by Crippen LogP contribution is -2.23. The SMILES string of the molecule is CCOc1ccc(-n2c(=O)c3ccc(Cl)cc3n3c(Cn4ccccc4=O)nnc23)cc1. The van der Waals surface area contributed by atoms with Crippen LogP contribution in [0.15, 0.2) is 76.4 Å². The number of halogens is 1. The molecule has 0 spiro atoms. The molecular weight excluding hydrogens is 430 g/mol. The Kier molecular flexibility index (Phi) is 4.99. The number of aromatic nitrogens is 5. The summed E-state index contributed by atoms with van der Waals surface area (Å²) < 4.78 is 10.3. The van der Waals surface area contributed by atoms with Gasteiger partial charge in [-0.1, -0.05) is 17.7 Å². The van der Waals surface area contributed by atoms with E-state index in [1.54, 1.807) is 65.2 Å². The van der Waals surface area contributed by atoms with Crippen LogP contribution < -0.4 is 15.9 Å². The molecule has 3 heterocycles. The van der Waals surface area contributed by atoms with Crippen molar-refractivity contribution >= 4 is 28.3 Å². The van der Waals surface area contributed by atoms with Crippen LogP contribution in [0, 0.1) is 0 Å². The van der Waals surface area contributed by atoms with Crippen LogP contribution in [-0.2, 0) is 6.54 Å². The van der Waals surface area contributed by atoms with Gasteiger partial charge < -0.3 is 9.30 Å². The minimum atomic E-state index is -0.246. The first-order valence-electron chi connectivity index (χ1n) is 10.0. The third-order valence-electron chi connectivity index (χ3n) is 5.16. The second-order valence-corrected chi connectivity index (χ2v) is 7.58. The molecule has 0 fully saturated rings. The summed E-state index contributed by atoms with van der Waals surface area (Å²) in [5.41, 5.74) is 0.787. The molecule has 0 bridgehead atoms. The molecule has 0 N–H and O–H groups in total. The average molecular weight is 448 g/mol. The van der Waals surface area contributed by atoms with Gasteiger partial charge in [-0.3, -0.25) is 14.0 Å². The lowest BCUT2D eigenvalue weighted by Gasteiger charge is -2.13. The molecule has 5 rings (SSSR count). The van der Waals surface area contributed by atoms with E-state index in [1.807, 2.05) is 6.92 Å². The van der Waals surface area contributed by atoms with E-state index >= 15 is 0 Å². The Hall–Kier alpha value is -3.91. The Bertz CT molecular complexity index is 1570. The van der Waals surface area contributed by atoms with Crippen molar-refractivity contribution < 1.29 is 4.74 Å². The quantitative estimate of drug-likeness (QED) is 0.413. The van der Waals surface area contributed by atoms with Gasteiger partial charge in [-0.25, -0.2) is 4.57 Å². The van der Waals surface area contributed by atoms with Gasteiger partial charge in [0.2, 0.25) is 5.78 Å². The lowest BCUT2D eigenvalue weighted by atomic mass is 10.2. The molecule has 0 radical (unpaired) electrons. The van der Waals surface area contributed by atoms with Crippen LogP contribution in [-0.4, -0.2) is 30.3 Å². The topological polar surface area (TPSA) is 83.4 Å². The minimum Gasteiger partial charge on any atom is -0.494 e. The van der Waals surface area contributed by atoms with E-state index in [2.05, 4.69) is 10.2 Å². The predicted octanol–water partition coefficient (Wildman–Crippen LogP) is 3.30. The smallest absolute Gasteiger partial charge is 0.267 e. The van der Waals surface area contributed by atoms with E-state index in [9.17, 15) is 9.59 Å². The van der Waals surface area contributed by atoms with Crippen molar-refractivity contribution in [1.82, 2.24) is 23.7 Å². The molecule has 160 valence electrons. The molecule has 3 aromatic heterocycles. The highest BCUT2D eigenvalue weighted by Crippen LogP contribution is 2.22. The number of hydrogen-bond donors (Lipinski definition) is 0. The summed E-state index contributed by atoms with van der Waals surface area (Å²) in [6, 6.07) is 17.2. The van der Waals surface area contributed by atoms with Gasteiger partial charge in [0.05, 0.1) is 29.7 Å². The summed E-state index contributed by atoms with van der Waals surface area (Å²) in [4.78, 5) is 25.7. The molecule has 0 aliphatic carbocycles. The fourth-order valence-corrected chi connectivity index (χ4v) is 3.88. The molecule has 0 saturated carbocycles. The summed E-state index contributed by atoms with van der Waals surface area (Å²) in [6.07, 6.45) is 1.68. The molecule has 0 amide bonds. The van der Waals surface area contributed by atoms with Gasteiger partial charge in [-0.2, -0.15) is 0 Å². The third kappa shape index (κ3) is 3.34. The van der Waals surface area contributed by atoms with Crippen LogP contribution in [0.25, 0.3) is 22.4 Å². The van der Waals surface area contributed by atoms with Crippen molar-refractivity contribution in [3.05, 3.63) is 98.4 Å². The van der Waals surface area contributed by atoms with Gasteiger partial charge in [-0.15, -0.1) is 10.2 Å². The van der Waals surface area contributed by atoms with Gasteiger partial charge in [0, 0.05) is 17.3 Å². The van der Waals surface area contributed by atoms with Crippen LogP contribution in [0.2, 0.25) is 5.02 Å². The zero-order valence-electron chi connectivity index (χ0n) is 17.1.